The smallest absolute Gasteiger partial charge is 0.0641 e. The van der Waals surface area contributed by atoms with Crippen molar-refractivity contribution in [2.45, 2.75) is 57.1 Å². The van der Waals surface area contributed by atoms with Crippen LogP contribution in [-0.4, -0.2) is 24.8 Å². The van der Waals surface area contributed by atoms with Gasteiger partial charge in [0.25, 0.3) is 0 Å². The molecule has 130 valence electrons. The fourth-order valence-corrected chi connectivity index (χ4v) is 4.68. The van der Waals surface area contributed by atoms with Gasteiger partial charge in [0, 0.05) is 22.9 Å². The third kappa shape index (κ3) is 4.08. The van der Waals surface area contributed by atoms with Crippen molar-refractivity contribution in [1.82, 2.24) is 5.32 Å². The van der Waals surface area contributed by atoms with Crippen molar-refractivity contribution in [2.75, 3.05) is 13.2 Å². The Balaban J connectivity index is 1.67. The van der Waals surface area contributed by atoms with Crippen LogP contribution >= 0.6 is 11.3 Å². The molecule has 1 saturated heterocycles. The maximum Gasteiger partial charge on any atom is 0.0641 e. The molecule has 3 heteroatoms. The summed E-state index contributed by atoms with van der Waals surface area (Å²) in [4.78, 5) is 1.45. The van der Waals surface area contributed by atoms with E-state index < -0.39 is 0 Å². The van der Waals surface area contributed by atoms with E-state index in [0.29, 0.717) is 6.04 Å². The lowest BCUT2D eigenvalue weighted by Gasteiger charge is -2.37. The number of nitrogens with one attached hydrogen (secondary N) is 1. The third-order valence-electron chi connectivity index (χ3n) is 5.23. The van der Waals surface area contributed by atoms with Crippen molar-refractivity contribution in [3.63, 3.8) is 0 Å². The lowest BCUT2D eigenvalue weighted by Crippen LogP contribution is -2.44. The maximum absolute atomic E-state index is 5.83. The highest BCUT2D eigenvalue weighted by atomic mass is 32.1. The topological polar surface area (TPSA) is 21.3 Å². The molecule has 2 aromatic rings. The molecule has 1 aliphatic rings. The molecule has 0 saturated carbocycles. The van der Waals surface area contributed by atoms with E-state index in [1.807, 2.05) is 11.3 Å². The Morgan fingerprint density at radius 1 is 1.21 bits per heavy atom. The van der Waals surface area contributed by atoms with Crippen LogP contribution in [0.5, 0.6) is 0 Å². The zero-order chi connectivity index (χ0) is 17.0. The number of rotatable bonds is 6. The molecule has 1 N–H and O–H groups in total. The Morgan fingerprint density at radius 2 is 2.00 bits per heavy atom. The fourth-order valence-electron chi connectivity index (χ4n) is 3.74. The first kappa shape index (κ1) is 17.7. The summed E-state index contributed by atoms with van der Waals surface area (Å²) in [5.41, 5.74) is 1.48. The summed E-state index contributed by atoms with van der Waals surface area (Å²) in [6.45, 7) is 8.67. The van der Waals surface area contributed by atoms with E-state index in [0.717, 1.165) is 32.4 Å². The number of benzene rings is 1. The lowest BCUT2D eigenvalue weighted by molar-refractivity contribution is -0.0628. The molecule has 0 spiro atoms. The van der Waals surface area contributed by atoms with Crippen molar-refractivity contribution in [3.05, 3.63) is 58.3 Å². The van der Waals surface area contributed by atoms with Crippen LogP contribution in [-0.2, 0) is 10.2 Å². The Morgan fingerprint density at radius 3 is 2.67 bits per heavy atom. The Bertz CT molecular complexity index is 623. The maximum atomic E-state index is 5.83. The van der Waals surface area contributed by atoms with Crippen LogP contribution in [0, 0.1) is 0 Å². The Kier molecular flexibility index (Phi) is 5.43. The summed E-state index contributed by atoms with van der Waals surface area (Å²) in [5.74, 6) is 0. The van der Waals surface area contributed by atoms with Gasteiger partial charge in [-0.3, -0.25) is 0 Å². The molecule has 2 heterocycles. The van der Waals surface area contributed by atoms with E-state index in [1.54, 1.807) is 0 Å². The average molecular weight is 344 g/mol. The number of thiophene rings is 1. The minimum Gasteiger partial charge on any atom is -0.375 e. The van der Waals surface area contributed by atoms with Gasteiger partial charge >= 0.3 is 0 Å². The summed E-state index contributed by atoms with van der Waals surface area (Å²) in [7, 11) is 0. The van der Waals surface area contributed by atoms with Gasteiger partial charge in [-0.1, -0.05) is 43.3 Å². The van der Waals surface area contributed by atoms with E-state index >= 15 is 0 Å². The molecule has 1 fully saturated rings. The average Bonchev–Trinajstić information content (AvgIpc) is 3.10. The monoisotopic (exact) mass is 343 g/mol. The second kappa shape index (κ2) is 7.38. The number of hydrogen-bond donors (Lipinski definition) is 1. The van der Waals surface area contributed by atoms with Crippen LogP contribution in [0.25, 0.3) is 0 Å². The first-order valence-corrected chi connectivity index (χ1v) is 9.84. The summed E-state index contributed by atoms with van der Waals surface area (Å²) >= 11 is 1.86. The van der Waals surface area contributed by atoms with E-state index in [4.69, 9.17) is 4.74 Å². The molecule has 1 aromatic heterocycles. The van der Waals surface area contributed by atoms with Gasteiger partial charge in [0.2, 0.25) is 0 Å². The van der Waals surface area contributed by atoms with E-state index in [9.17, 15) is 0 Å². The fraction of sp³-hybridized carbons (Fsp3) is 0.524. The molecule has 1 aliphatic heterocycles. The molecule has 2 nitrogen and oxygen atoms in total. The summed E-state index contributed by atoms with van der Waals surface area (Å²) < 4.78 is 5.83. The summed E-state index contributed by atoms with van der Waals surface area (Å²) in [6.07, 6.45) is 3.31. The Hall–Kier alpha value is -1.16. The molecule has 0 unspecified atom stereocenters. The van der Waals surface area contributed by atoms with Gasteiger partial charge in [0.05, 0.1) is 5.60 Å². The molecule has 3 rings (SSSR count). The van der Waals surface area contributed by atoms with Crippen LogP contribution < -0.4 is 5.32 Å². The van der Waals surface area contributed by atoms with Crippen LogP contribution in [0.4, 0.5) is 0 Å². The predicted molar refractivity (Wildman–Crippen MR) is 103 cm³/mol. The van der Waals surface area contributed by atoms with Crippen LogP contribution in [0.1, 0.15) is 50.5 Å². The van der Waals surface area contributed by atoms with Gasteiger partial charge in [-0.2, -0.15) is 0 Å². The second-order valence-electron chi connectivity index (χ2n) is 7.68. The third-order valence-corrected chi connectivity index (χ3v) is 6.36. The van der Waals surface area contributed by atoms with Crippen molar-refractivity contribution in [1.29, 1.82) is 0 Å². The van der Waals surface area contributed by atoms with Gasteiger partial charge in [-0.25, -0.2) is 0 Å². The molecular weight excluding hydrogens is 314 g/mol. The SMILES string of the molecule is CC1(C)C[C@@H](NCC[C@](C)(c2ccccc2)c2cccs2)CCO1. The van der Waals surface area contributed by atoms with Crippen LogP contribution in [0.15, 0.2) is 47.8 Å². The molecule has 0 bridgehead atoms. The highest BCUT2D eigenvalue weighted by Gasteiger charge is 2.31. The standard InChI is InChI=1S/C21H29NOS/c1-20(2)16-18(11-14-23-20)22-13-12-21(3,19-10-7-15-24-19)17-8-5-4-6-9-17/h4-10,15,18,22H,11-14,16H2,1-3H3/t18-,21+/m0/s1. The molecule has 2 atom stereocenters. The predicted octanol–water partition coefficient (Wildman–Crippen LogP) is 4.99. The zero-order valence-electron chi connectivity index (χ0n) is 15.0. The molecule has 0 amide bonds. The quantitative estimate of drug-likeness (QED) is 0.797. The van der Waals surface area contributed by atoms with Crippen LogP contribution in [0.3, 0.4) is 0 Å². The van der Waals surface area contributed by atoms with E-state index in [2.05, 4.69) is 73.9 Å². The van der Waals surface area contributed by atoms with Crippen molar-refractivity contribution >= 4 is 11.3 Å². The van der Waals surface area contributed by atoms with Gasteiger partial charge < -0.3 is 10.1 Å². The molecular formula is C21H29NOS. The van der Waals surface area contributed by atoms with E-state index in [-0.39, 0.29) is 11.0 Å². The van der Waals surface area contributed by atoms with Crippen LogP contribution in [0.2, 0.25) is 0 Å². The van der Waals surface area contributed by atoms with Gasteiger partial charge in [-0.05, 0) is 56.7 Å². The molecule has 24 heavy (non-hydrogen) atoms. The first-order valence-electron chi connectivity index (χ1n) is 8.96. The molecule has 1 aromatic carbocycles. The van der Waals surface area contributed by atoms with Gasteiger partial charge in [0.15, 0.2) is 0 Å². The minimum absolute atomic E-state index is 0.00635. The van der Waals surface area contributed by atoms with Crippen molar-refractivity contribution < 1.29 is 4.74 Å². The van der Waals surface area contributed by atoms with Crippen molar-refractivity contribution in [3.8, 4) is 0 Å². The van der Waals surface area contributed by atoms with Gasteiger partial charge in [0.1, 0.15) is 0 Å². The highest BCUT2D eigenvalue weighted by Crippen LogP contribution is 2.37. The Labute approximate surface area is 150 Å². The minimum atomic E-state index is 0.00635. The lowest BCUT2D eigenvalue weighted by atomic mass is 9.78. The van der Waals surface area contributed by atoms with Gasteiger partial charge in [-0.15, -0.1) is 11.3 Å². The summed E-state index contributed by atoms with van der Waals surface area (Å²) in [5, 5.41) is 5.97. The summed E-state index contributed by atoms with van der Waals surface area (Å²) in [6, 6.07) is 15.9. The zero-order valence-corrected chi connectivity index (χ0v) is 15.9. The molecule has 0 aliphatic carbocycles. The highest BCUT2D eigenvalue weighted by molar-refractivity contribution is 7.10. The largest absolute Gasteiger partial charge is 0.375 e. The first-order chi connectivity index (χ1) is 11.5. The van der Waals surface area contributed by atoms with Crippen molar-refractivity contribution in [2.24, 2.45) is 0 Å². The number of hydrogen-bond acceptors (Lipinski definition) is 3. The normalized spacial score (nSPS) is 22.9. The molecule has 0 radical (unpaired) electrons. The second-order valence-corrected chi connectivity index (χ2v) is 8.63. The number of ether oxygens (including phenoxy) is 1. The van der Waals surface area contributed by atoms with E-state index in [1.165, 1.54) is 10.4 Å².